The Hall–Kier alpha value is -2.75. The van der Waals surface area contributed by atoms with Gasteiger partial charge < -0.3 is 4.74 Å². The van der Waals surface area contributed by atoms with Crippen LogP contribution in [0.5, 0.6) is 5.75 Å². The van der Waals surface area contributed by atoms with E-state index in [0.29, 0.717) is 12.2 Å². The average Bonchev–Trinajstić information content (AvgIpc) is 2.98. The molecule has 3 nitrogen and oxygen atoms in total. The van der Waals surface area contributed by atoms with E-state index in [-0.39, 0.29) is 6.61 Å². The number of aryl methyl sites for hydroxylation is 1. The summed E-state index contributed by atoms with van der Waals surface area (Å²) >= 11 is 0. The number of ether oxygens (including phenoxy) is 1. The van der Waals surface area contributed by atoms with Crippen molar-refractivity contribution < 1.29 is 9.13 Å². The van der Waals surface area contributed by atoms with Gasteiger partial charge in [0.1, 0.15) is 18.5 Å². The first-order valence-electron chi connectivity index (χ1n) is 15.5. The molecule has 0 saturated heterocycles. The van der Waals surface area contributed by atoms with Crippen LogP contribution in [0.1, 0.15) is 109 Å². The Bertz CT molecular complexity index is 1020. The number of aromatic nitrogens is 2. The molecule has 2 aromatic carbocycles. The van der Waals surface area contributed by atoms with Gasteiger partial charge in [-0.25, -0.2) is 14.4 Å². The van der Waals surface area contributed by atoms with Crippen LogP contribution in [0.15, 0.2) is 60.9 Å². The van der Waals surface area contributed by atoms with Crippen LogP contribution < -0.4 is 4.74 Å². The Morgan fingerprint density at radius 2 is 1.15 bits per heavy atom. The van der Waals surface area contributed by atoms with Crippen molar-refractivity contribution in [3.05, 3.63) is 66.5 Å². The van der Waals surface area contributed by atoms with Crippen molar-refractivity contribution in [2.75, 3.05) is 6.61 Å². The fraction of sp³-hybridized carbons (Fsp3) is 0.543. The first-order chi connectivity index (χ1) is 19.2. The zero-order chi connectivity index (χ0) is 27.5. The summed E-state index contributed by atoms with van der Waals surface area (Å²) in [7, 11) is 0. The third-order valence-corrected chi connectivity index (χ3v) is 7.42. The maximum atomic E-state index is 14.3. The number of halogens is 1. The number of nitrogens with zero attached hydrogens (tertiary/aromatic N) is 2. The van der Waals surface area contributed by atoms with E-state index in [9.17, 15) is 4.39 Å². The Balaban J connectivity index is 1.38. The summed E-state index contributed by atoms with van der Waals surface area (Å²) in [5.74, 6) is 1.43. The molecule has 212 valence electrons. The highest BCUT2D eigenvalue weighted by molar-refractivity contribution is 5.64. The van der Waals surface area contributed by atoms with Crippen molar-refractivity contribution in [2.24, 2.45) is 0 Å². The molecule has 3 rings (SSSR count). The Labute approximate surface area is 236 Å². The first kappa shape index (κ1) is 30.8. The molecular weight excluding hydrogens is 483 g/mol. The SMILES string of the molecule is CCCCCCCCCCC(F)COc1ccc(-c2cnc(-c3ccc(CCCCCCC)cc3)nc2)cc1. The Morgan fingerprint density at radius 1 is 0.615 bits per heavy atom. The molecule has 0 aliphatic rings. The van der Waals surface area contributed by atoms with Crippen molar-refractivity contribution in [1.82, 2.24) is 9.97 Å². The van der Waals surface area contributed by atoms with Crippen LogP contribution in [0.3, 0.4) is 0 Å². The number of alkyl halides is 1. The highest BCUT2D eigenvalue weighted by atomic mass is 19.1. The molecule has 0 radical (unpaired) electrons. The van der Waals surface area contributed by atoms with Crippen LogP contribution in [-0.2, 0) is 6.42 Å². The quantitative estimate of drug-likeness (QED) is 0.136. The van der Waals surface area contributed by atoms with E-state index in [0.717, 1.165) is 41.8 Å². The maximum Gasteiger partial charge on any atom is 0.159 e. The fourth-order valence-electron chi connectivity index (χ4n) is 4.89. The van der Waals surface area contributed by atoms with Crippen molar-refractivity contribution >= 4 is 0 Å². The van der Waals surface area contributed by atoms with Crippen LogP contribution in [-0.4, -0.2) is 22.7 Å². The zero-order valence-electron chi connectivity index (χ0n) is 24.3. The topological polar surface area (TPSA) is 35.0 Å². The summed E-state index contributed by atoms with van der Waals surface area (Å²) in [5.41, 5.74) is 4.38. The van der Waals surface area contributed by atoms with Gasteiger partial charge in [0.25, 0.3) is 0 Å². The second-order valence-electron chi connectivity index (χ2n) is 10.9. The predicted molar refractivity (Wildman–Crippen MR) is 163 cm³/mol. The van der Waals surface area contributed by atoms with Gasteiger partial charge in [-0.05, 0) is 42.5 Å². The first-order valence-corrected chi connectivity index (χ1v) is 15.5. The number of benzene rings is 2. The molecule has 1 aromatic heterocycles. The summed E-state index contributed by atoms with van der Waals surface area (Å²) < 4.78 is 20.0. The number of hydrogen-bond acceptors (Lipinski definition) is 3. The highest BCUT2D eigenvalue weighted by Crippen LogP contribution is 2.24. The van der Waals surface area contributed by atoms with Crippen LogP contribution >= 0.6 is 0 Å². The lowest BCUT2D eigenvalue weighted by molar-refractivity contribution is 0.184. The van der Waals surface area contributed by atoms with Crippen LogP contribution in [0.25, 0.3) is 22.5 Å². The fourth-order valence-corrected chi connectivity index (χ4v) is 4.89. The molecule has 0 N–H and O–H groups in total. The van der Waals surface area contributed by atoms with Crippen LogP contribution in [0.2, 0.25) is 0 Å². The monoisotopic (exact) mass is 532 g/mol. The molecule has 0 amide bonds. The minimum atomic E-state index is -0.912. The normalized spacial score (nSPS) is 12.0. The molecular formula is C35H49FN2O. The third-order valence-electron chi connectivity index (χ3n) is 7.42. The van der Waals surface area contributed by atoms with Gasteiger partial charge in [-0.1, -0.05) is 127 Å². The Kier molecular flexibility index (Phi) is 14.6. The lowest BCUT2D eigenvalue weighted by Crippen LogP contribution is -2.12. The third kappa shape index (κ3) is 11.9. The summed E-state index contributed by atoms with van der Waals surface area (Å²) in [6, 6.07) is 16.4. The molecule has 1 unspecified atom stereocenters. The Morgan fingerprint density at radius 3 is 1.77 bits per heavy atom. The lowest BCUT2D eigenvalue weighted by Gasteiger charge is -2.11. The van der Waals surface area contributed by atoms with Crippen LogP contribution in [0, 0.1) is 0 Å². The summed E-state index contributed by atoms with van der Waals surface area (Å²) in [6.45, 7) is 4.61. The van der Waals surface area contributed by atoms with Gasteiger partial charge in [-0.3, -0.25) is 0 Å². The molecule has 3 aromatic rings. The van der Waals surface area contributed by atoms with Gasteiger partial charge in [0.2, 0.25) is 0 Å². The van der Waals surface area contributed by atoms with Gasteiger partial charge in [-0.15, -0.1) is 0 Å². The summed E-state index contributed by atoms with van der Waals surface area (Å²) in [5, 5.41) is 0. The number of hydrogen-bond donors (Lipinski definition) is 0. The molecule has 0 fully saturated rings. The molecule has 0 aliphatic carbocycles. The molecule has 0 saturated carbocycles. The molecule has 0 spiro atoms. The van der Waals surface area contributed by atoms with E-state index in [1.807, 2.05) is 36.7 Å². The minimum absolute atomic E-state index is 0.116. The minimum Gasteiger partial charge on any atom is -0.491 e. The molecule has 1 heterocycles. The van der Waals surface area contributed by atoms with E-state index in [1.165, 1.54) is 76.2 Å². The predicted octanol–water partition coefficient (Wildman–Crippen LogP) is 10.6. The second-order valence-corrected chi connectivity index (χ2v) is 10.9. The van der Waals surface area contributed by atoms with E-state index in [1.54, 1.807) is 0 Å². The summed E-state index contributed by atoms with van der Waals surface area (Å²) in [4.78, 5) is 9.20. The maximum absolute atomic E-state index is 14.3. The molecule has 0 bridgehead atoms. The van der Waals surface area contributed by atoms with Crippen molar-refractivity contribution in [3.8, 4) is 28.3 Å². The van der Waals surface area contributed by atoms with Gasteiger partial charge >= 0.3 is 0 Å². The summed E-state index contributed by atoms with van der Waals surface area (Å²) in [6.07, 6.45) is 20.9. The van der Waals surface area contributed by atoms with Gasteiger partial charge in [0.05, 0.1) is 0 Å². The molecule has 4 heteroatoms. The van der Waals surface area contributed by atoms with Gasteiger partial charge in [-0.2, -0.15) is 0 Å². The van der Waals surface area contributed by atoms with E-state index in [4.69, 9.17) is 4.74 Å². The second kappa shape index (κ2) is 18.5. The van der Waals surface area contributed by atoms with Crippen molar-refractivity contribution in [3.63, 3.8) is 0 Å². The number of unbranched alkanes of at least 4 members (excludes halogenated alkanes) is 11. The van der Waals surface area contributed by atoms with Crippen LogP contribution in [0.4, 0.5) is 4.39 Å². The lowest BCUT2D eigenvalue weighted by atomic mass is 10.0. The van der Waals surface area contributed by atoms with Gasteiger partial charge in [0.15, 0.2) is 5.82 Å². The largest absolute Gasteiger partial charge is 0.491 e. The molecule has 39 heavy (non-hydrogen) atoms. The van der Waals surface area contributed by atoms with E-state index in [2.05, 4.69) is 48.1 Å². The molecule has 1 atom stereocenters. The van der Waals surface area contributed by atoms with Crippen molar-refractivity contribution in [2.45, 2.75) is 116 Å². The standard InChI is InChI=1S/C35H49FN2O/c1-3-5-7-9-10-11-13-15-17-33(36)28-39-34-24-22-30(23-25-34)32-26-37-35(38-27-32)31-20-18-29(19-21-31)16-14-12-8-6-4-2/h18-27,33H,3-17,28H2,1-2H3. The molecule has 0 aliphatic heterocycles. The van der Waals surface area contributed by atoms with Crippen molar-refractivity contribution in [1.29, 1.82) is 0 Å². The van der Waals surface area contributed by atoms with E-state index < -0.39 is 6.17 Å². The highest BCUT2D eigenvalue weighted by Gasteiger charge is 2.09. The zero-order valence-corrected chi connectivity index (χ0v) is 24.3. The average molecular weight is 533 g/mol. The smallest absolute Gasteiger partial charge is 0.159 e. The van der Waals surface area contributed by atoms with E-state index >= 15 is 0 Å². The number of rotatable bonds is 20. The van der Waals surface area contributed by atoms with Gasteiger partial charge in [0, 0.05) is 23.5 Å².